The van der Waals surface area contributed by atoms with E-state index in [4.69, 9.17) is 33.2 Å². The Morgan fingerprint density at radius 2 is 2.29 bits per heavy atom. The van der Waals surface area contributed by atoms with Gasteiger partial charge in [-0.15, -0.1) is 11.3 Å². The Morgan fingerprint density at radius 1 is 1.52 bits per heavy atom. The van der Waals surface area contributed by atoms with E-state index < -0.39 is 10.0 Å². The quantitative estimate of drug-likeness (QED) is 0.772. The first-order valence-electron chi connectivity index (χ1n) is 6.38. The topological polar surface area (TPSA) is 70.4 Å². The van der Waals surface area contributed by atoms with E-state index in [1.807, 2.05) is 6.07 Å². The lowest BCUT2D eigenvalue weighted by Gasteiger charge is -2.23. The monoisotopic (exact) mass is 368 g/mol. The van der Waals surface area contributed by atoms with Crippen molar-refractivity contribution >= 4 is 44.6 Å². The highest BCUT2D eigenvalue weighted by atomic mass is 35.5. The van der Waals surface area contributed by atoms with Crippen molar-refractivity contribution in [2.75, 3.05) is 19.7 Å². The largest absolute Gasteiger partial charge is 0.377 e. The third-order valence-corrected chi connectivity index (χ3v) is 6.77. The number of rotatable bonds is 6. The molecule has 116 valence electrons. The highest BCUT2D eigenvalue weighted by Gasteiger charge is 2.31. The molecular formula is C12H14Cl2N2O3S2. The van der Waals surface area contributed by atoms with Gasteiger partial charge in [-0.3, -0.25) is 0 Å². The first-order chi connectivity index (χ1) is 9.95. The second-order valence-corrected chi connectivity index (χ2v) is 8.79. The van der Waals surface area contributed by atoms with E-state index in [9.17, 15) is 8.42 Å². The molecule has 1 unspecified atom stereocenters. The lowest BCUT2D eigenvalue weighted by atomic mass is 10.2. The van der Waals surface area contributed by atoms with Gasteiger partial charge in [0.05, 0.1) is 16.5 Å². The lowest BCUT2D eigenvalue weighted by Crippen LogP contribution is -2.38. The van der Waals surface area contributed by atoms with Gasteiger partial charge in [-0.1, -0.05) is 23.2 Å². The van der Waals surface area contributed by atoms with Crippen LogP contribution in [-0.4, -0.2) is 38.5 Å². The molecule has 0 aliphatic carbocycles. The van der Waals surface area contributed by atoms with Crippen molar-refractivity contribution in [3.63, 3.8) is 0 Å². The van der Waals surface area contributed by atoms with Crippen LogP contribution in [0, 0.1) is 11.3 Å². The molecule has 1 aliphatic heterocycles. The van der Waals surface area contributed by atoms with Gasteiger partial charge in [0, 0.05) is 26.1 Å². The van der Waals surface area contributed by atoms with E-state index in [0.717, 1.165) is 24.2 Å². The van der Waals surface area contributed by atoms with Crippen LogP contribution in [0.1, 0.15) is 19.3 Å². The van der Waals surface area contributed by atoms with Crippen LogP contribution in [0.4, 0.5) is 0 Å². The van der Waals surface area contributed by atoms with Gasteiger partial charge in [-0.25, -0.2) is 8.42 Å². The summed E-state index contributed by atoms with van der Waals surface area (Å²) in [4.78, 5) is -0.00453. The number of ether oxygens (including phenoxy) is 1. The molecule has 0 radical (unpaired) electrons. The van der Waals surface area contributed by atoms with Gasteiger partial charge >= 0.3 is 0 Å². The maximum atomic E-state index is 12.7. The van der Waals surface area contributed by atoms with Gasteiger partial charge in [0.15, 0.2) is 0 Å². The number of thiophene rings is 1. The standard InChI is InChI=1S/C12H14Cl2N2O3S2/c13-11-7-10(12(14)20-11)21(17,18)16(5-2-4-15)8-9-3-1-6-19-9/h7,9H,1-3,5-6,8H2. The number of hydrogen-bond acceptors (Lipinski definition) is 5. The van der Waals surface area contributed by atoms with Crippen molar-refractivity contribution in [3.8, 4) is 6.07 Å². The Bertz CT molecular complexity index is 633. The fourth-order valence-electron chi connectivity index (χ4n) is 2.14. The van der Waals surface area contributed by atoms with E-state index in [2.05, 4.69) is 0 Å². The normalized spacial score (nSPS) is 19.0. The molecule has 1 aromatic rings. The summed E-state index contributed by atoms with van der Waals surface area (Å²) in [5.41, 5.74) is 0. The van der Waals surface area contributed by atoms with Gasteiger partial charge in [0.25, 0.3) is 0 Å². The molecule has 0 aromatic carbocycles. The molecule has 9 heteroatoms. The molecule has 2 heterocycles. The predicted octanol–water partition coefficient (Wildman–Crippen LogP) is 3.14. The smallest absolute Gasteiger partial charge is 0.245 e. The fourth-order valence-corrected chi connectivity index (χ4v) is 5.72. The molecule has 0 N–H and O–H groups in total. The Balaban J connectivity index is 2.25. The van der Waals surface area contributed by atoms with Crippen LogP contribution in [0.2, 0.25) is 8.67 Å². The van der Waals surface area contributed by atoms with E-state index in [-0.39, 0.29) is 34.8 Å². The van der Waals surface area contributed by atoms with Crippen molar-refractivity contribution in [1.82, 2.24) is 4.31 Å². The van der Waals surface area contributed by atoms with Crippen molar-refractivity contribution in [2.45, 2.75) is 30.3 Å². The molecule has 1 saturated heterocycles. The Kier molecular flexibility index (Phi) is 5.88. The van der Waals surface area contributed by atoms with E-state index in [1.54, 1.807) is 0 Å². The fraction of sp³-hybridized carbons (Fsp3) is 0.583. The van der Waals surface area contributed by atoms with Crippen molar-refractivity contribution in [2.24, 2.45) is 0 Å². The zero-order chi connectivity index (χ0) is 15.5. The van der Waals surface area contributed by atoms with Crippen LogP contribution < -0.4 is 0 Å². The summed E-state index contributed by atoms with van der Waals surface area (Å²) in [7, 11) is -3.77. The highest BCUT2D eigenvalue weighted by molar-refractivity contribution is 7.89. The summed E-state index contributed by atoms with van der Waals surface area (Å²) in [6.45, 7) is 0.984. The van der Waals surface area contributed by atoms with Crippen LogP contribution in [-0.2, 0) is 14.8 Å². The number of nitriles is 1. The summed E-state index contributed by atoms with van der Waals surface area (Å²) in [6, 6.07) is 3.31. The number of sulfonamides is 1. The van der Waals surface area contributed by atoms with E-state index >= 15 is 0 Å². The molecule has 1 aliphatic rings. The van der Waals surface area contributed by atoms with E-state index in [1.165, 1.54) is 10.4 Å². The van der Waals surface area contributed by atoms with Gasteiger partial charge in [-0.05, 0) is 18.9 Å². The van der Waals surface area contributed by atoms with Gasteiger partial charge in [0.1, 0.15) is 9.23 Å². The van der Waals surface area contributed by atoms with Gasteiger partial charge < -0.3 is 4.74 Å². The summed E-state index contributed by atoms with van der Waals surface area (Å²) in [6.07, 6.45) is 1.71. The van der Waals surface area contributed by atoms with E-state index in [0.29, 0.717) is 10.9 Å². The molecule has 0 spiro atoms. The highest BCUT2D eigenvalue weighted by Crippen LogP contribution is 2.36. The van der Waals surface area contributed by atoms with Gasteiger partial charge in [-0.2, -0.15) is 9.57 Å². The molecule has 0 saturated carbocycles. The average molecular weight is 369 g/mol. The zero-order valence-electron chi connectivity index (χ0n) is 11.1. The minimum absolute atomic E-state index is 0.00453. The molecule has 0 amide bonds. The molecular weight excluding hydrogens is 355 g/mol. The zero-order valence-corrected chi connectivity index (χ0v) is 14.2. The molecule has 2 rings (SSSR count). The summed E-state index contributed by atoms with van der Waals surface area (Å²) in [5, 5.41) is 8.72. The summed E-state index contributed by atoms with van der Waals surface area (Å²) < 4.78 is 32.6. The minimum atomic E-state index is -3.77. The first-order valence-corrected chi connectivity index (χ1v) is 9.40. The first kappa shape index (κ1) is 17.0. The predicted molar refractivity (Wildman–Crippen MR) is 82.3 cm³/mol. The second-order valence-electron chi connectivity index (χ2n) is 4.59. The maximum Gasteiger partial charge on any atom is 0.245 e. The number of halogens is 2. The van der Waals surface area contributed by atoms with Gasteiger partial charge in [0.2, 0.25) is 10.0 Å². The molecule has 1 atom stereocenters. The van der Waals surface area contributed by atoms with Crippen LogP contribution in [0.25, 0.3) is 0 Å². The van der Waals surface area contributed by atoms with Crippen molar-refractivity contribution in [1.29, 1.82) is 5.26 Å². The SMILES string of the molecule is N#CCCN(CC1CCCO1)S(=O)(=O)c1cc(Cl)sc1Cl. The van der Waals surface area contributed by atoms with Crippen molar-refractivity contribution in [3.05, 3.63) is 14.7 Å². The lowest BCUT2D eigenvalue weighted by molar-refractivity contribution is 0.0941. The molecule has 5 nitrogen and oxygen atoms in total. The molecule has 1 aromatic heterocycles. The van der Waals surface area contributed by atoms with Crippen LogP contribution in [0.5, 0.6) is 0 Å². The summed E-state index contributed by atoms with van der Waals surface area (Å²) in [5.74, 6) is 0. The summed E-state index contributed by atoms with van der Waals surface area (Å²) >= 11 is 12.8. The molecule has 1 fully saturated rings. The van der Waals surface area contributed by atoms with Crippen LogP contribution in [0.3, 0.4) is 0 Å². The van der Waals surface area contributed by atoms with Crippen LogP contribution >= 0.6 is 34.5 Å². The third-order valence-electron chi connectivity index (χ3n) is 3.15. The average Bonchev–Trinajstić information content (AvgIpc) is 3.04. The Hall–Kier alpha value is -0.360. The minimum Gasteiger partial charge on any atom is -0.377 e. The maximum absolute atomic E-state index is 12.7. The number of hydrogen-bond donors (Lipinski definition) is 0. The van der Waals surface area contributed by atoms with Crippen molar-refractivity contribution < 1.29 is 13.2 Å². The molecule has 21 heavy (non-hydrogen) atoms. The third kappa shape index (κ3) is 4.09. The Morgan fingerprint density at radius 3 is 2.81 bits per heavy atom. The van der Waals surface area contributed by atoms with Crippen LogP contribution in [0.15, 0.2) is 11.0 Å². The molecule has 0 bridgehead atoms. The second kappa shape index (κ2) is 7.27. The number of nitrogens with zero attached hydrogens (tertiary/aromatic N) is 2. The Labute approximate surface area is 138 Å².